The van der Waals surface area contributed by atoms with E-state index < -0.39 is 6.55 Å². The minimum Gasteiger partial charge on any atom is -0.332 e. The summed E-state index contributed by atoms with van der Waals surface area (Å²) in [6, 6.07) is 19.8. The molecule has 0 fully saturated rings. The lowest BCUT2D eigenvalue weighted by Crippen LogP contribution is -2.02. The Balaban J connectivity index is 1.66. The molecule has 0 aliphatic rings. The third-order valence-electron chi connectivity index (χ3n) is 4.09. The van der Waals surface area contributed by atoms with Gasteiger partial charge in [-0.2, -0.15) is 8.78 Å². The van der Waals surface area contributed by atoms with Crippen LogP contribution in [0.1, 0.15) is 12.4 Å². The Hall–Kier alpha value is -2.93. The highest BCUT2D eigenvalue weighted by molar-refractivity contribution is 7.98. The maximum atomic E-state index is 13.0. The van der Waals surface area contributed by atoms with Crippen LogP contribution in [0.3, 0.4) is 0 Å². The molecule has 0 saturated carbocycles. The number of benzene rings is 2. The molecule has 0 atom stereocenters. The zero-order chi connectivity index (χ0) is 18.6. The van der Waals surface area contributed by atoms with E-state index in [1.165, 1.54) is 24.2 Å². The molecule has 4 nitrogen and oxygen atoms in total. The molecule has 2 aromatic heterocycles. The molecule has 27 heavy (non-hydrogen) atoms. The molecule has 0 saturated heterocycles. The van der Waals surface area contributed by atoms with Gasteiger partial charge in [0.2, 0.25) is 0 Å². The van der Waals surface area contributed by atoms with Crippen molar-refractivity contribution in [2.24, 2.45) is 0 Å². The van der Waals surface area contributed by atoms with Gasteiger partial charge in [-0.15, -0.1) is 0 Å². The third-order valence-corrected chi connectivity index (χ3v) is 4.96. The zero-order valence-corrected chi connectivity index (χ0v) is 15.0. The molecule has 0 aliphatic carbocycles. The van der Waals surface area contributed by atoms with Crippen molar-refractivity contribution in [2.45, 2.75) is 17.5 Å². The average Bonchev–Trinajstić information content (AvgIpc) is 3.35. The van der Waals surface area contributed by atoms with E-state index in [4.69, 9.17) is 4.98 Å². The standard InChI is InChI=1S/C20H16F2N4S/c21-19(22)26-12-11-23-16(26)13-27-20-24-17(14-7-3-1-4-8-14)18(25-20)15-9-5-2-6-10-15/h1-12,19H,13H2,(H,24,25). The van der Waals surface area contributed by atoms with Gasteiger partial charge in [-0.1, -0.05) is 72.4 Å². The van der Waals surface area contributed by atoms with Crippen molar-refractivity contribution < 1.29 is 8.78 Å². The molecular weight excluding hydrogens is 366 g/mol. The number of hydrogen-bond acceptors (Lipinski definition) is 3. The van der Waals surface area contributed by atoms with Crippen LogP contribution in [0.2, 0.25) is 0 Å². The summed E-state index contributed by atoms with van der Waals surface area (Å²) in [5.41, 5.74) is 3.75. The summed E-state index contributed by atoms with van der Waals surface area (Å²) in [6.07, 6.45) is 2.67. The highest BCUT2D eigenvalue weighted by Crippen LogP contribution is 2.33. The van der Waals surface area contributed by atoms with Crippen molar-refractivity contribution in [1.82, 2.24) is 19.5 Å². The number of halogens is 2. The summed E-state index contributed by atoms with van der Waals surface area (Å²) in [7, 11) is 0. The fourth-order valence-corrected chi connectivity index (χ4v) is 3.62. The molecule has 4 aromatic rings. The Morgan fingerprint density at radius 3 is 2.30 bits per heavy atom. The lowest BCUT2D eigenvalue weighted by atomic mass is 10.1. The SMILES string of the molecule is FC(F)n1ccnc1CSc1nc(-c2ccccc2)c(-c2ccccc2)[nH]1. The number of alkyl halides is 2. The smallest absolute Gasteiger partial charge is 0.319 e. The molecule has 0 bridgehead atoms. The number of nitrogens with one attached hydrogen (secondary N) is 1. The summed E-state index contributed by atoms with van der Waals surface area (Å²) in [6.45, 7) is -2.60. The van der Waals surface area contributed by atoms with E-state index in [9.17, 15) is 8.78 Å². The number of hydrogen-bond donors (Lipinski definition) is 1. The van der Waals surface area contributed by atoms with Gasteiger partial charge < -0.3 is 4.98 Å². The van der Waals surface area contributed by atoms with Crippen molar-refractivity contribution in [1.29, 1.82) is 0 Å². The lowest BCUT2D eigenvalue weighted by molar-refractivity contribution is 0.0678. The van der Waals surface area contributed by atoms with E-state index in [0.29, 0.717) is 16.7 Å². The Morgan fingerprint density at radius 1 is 0.963 bits per heavy atom. The number of aromatic amines is 1. The molecule has 7 heteroatoms. The van der Waals surface area contributed by atoms with Gasteiger partial charge in [0.15, 0.2) is 5.16 Å². The molecule has 2 heterocycles. The normalized spacial score (nSPS) is 11.2. The lowest BCUT2D eigenvalue weighted by Gasteiger charge is -2.04. The summed E-state index contributed by atoms with van der Waals surface area (Å²) in [5.74, 6) is 0.613. The predicted octanol–water partition coefficient (Wildman–Crippen LogP) is 5.63. The predicted molar refractivity (Wildman–Crippen MR) is 103 cm³/mol. The molecule has 136 valence electrons. The number of imidazole rings is 2. The van der Waals surface area contributed by atoms with E-state index in [0.717, 1.165) is 27.1 Å². The van der Waals surface area contributed by atoms with E-state index >= 15 is 0 Å². The first kappa shape index (κ1) is 17.5. The molecule has 0 unspecified atom stereocenters. The van der Waals surface area contributed by atoms with Gasteiger partial charge in [-0.3, -0.25) is 4.57 Å². The van der Waals surface area contributed by atoms with Gasteiger partial charge in [0.1, 0.15) is 5.82 Å². The number of rotatable bonds is 6. The maximum Gasteiger partial charge on any atom is 0.319 e. The second kappa shape index (κ2) is 7.75. The topological polar surface area (TPSA) is 46.5 Å². The number of thioether (sulfide) groups is 1. The highest BCUT2D eigenvalue weighted by atomic mass is 32.2. The van der Waals surface area contributed by atoms with Gasteiger partial charge in [-0.05, 0) is 0 Å². The van der Waals surface area contributed by atoms with Crippen molar-refractivity contribution >= 4 is 11.8 Å². The fourth-order valence-electron chi connectivity index (χ4n) is 2.80. The van der Waals surface area contributed by atoms with Crippen LogP contribution in [0.25, 0.3) is 22.5 Å². The molecule has 0 radical (unpaired) electrons. The Bertz CT molecular complexity index is 956. The maximum absolute atomic E-state index is 13.0. The molecule has 2 aromatic carbocycles. The van der Waals surface area contributed by atoms with Gasteiger partial charge >= 0.3 is 6.55 Å². The molecule has 0 spiro atoms. The Labute approximate surface area is 159 Å². The first-order valence-electron chi connectivity index (χ1n) is 8.36. The van der Waals surface area contributed by atoms with E-state index in [-0.39, 0.29) is 0 Å². The van der Waals surface area contributed by atoms with Crippen LogP contribution < -0.4 is 0 Å². The molecular formula is C20H16F2N4S. The summed E-state index contributed by atoms with van der Waals surface area (Å²) < 4.78 is 26.8. The second-order valence-electron chi connectivity index (χ2n) is 5.81. The van der Waals surface area contributed by atoms with Crippen LogP contribution >= 0.6 is 11.8 Å². The number of aromatic nitrogens is 4. The summed E-state index contributed by atoms with van der Waals surface area (Å²) >= 11 is 1.35. The zero-order valence-electron chi connectivity index (χ0n) is 14.2. The molecule has 1 N–H and O–H groups in total. The minimum absolute atomic E-state index is 0.299. The van der Waals surface area contributed by atoms with Crippen LogP contribution in [0.4, 0.5) is 8.78 Å². The minimum atomic E-state index is -2.60. The van der Waals surface area contributed by atoms with Crippen molar-refractivity contribution in [3.8, 4) is 22.5 Å². The average molecular weight is 382 g/mol. The van der Waals surface area contributed by atoms with Gasteiger partial charge in [-0.25, -0.2) is 9.97 Å². The van der Waals surface area contributed by atoms with Gasteiger partial charge in [0.25, 0.3) is 0 Å². The van der Waals surface area contributed by atoms with Crippen LogP contribution in [0.5, 0.6) is 0 Å². The quantitative estimate of drug-likeness (QED) is 0.440. The van der Waals surface area contributed by atoms with Gasteiger partial charge in [0, 0.05) is 23.5 Å². The monoisotopic (exact) mass is 382 g/mol. The van der Waals surface area contributed by atoms with Crippen LogP contribution in [-0.2, 0) is 5.75 Å². The largest absolute Gasteiger partial charge is 0.332 e. The number of nitrogens with zero attached hydrogens (tertiary/aromatic N) is 3. The van der Waals surface area contributed by atoms with Crippen LogP contribution in [0, 0.1) is 0 Å². The first-order valence-corrected chi connectivity index (χ1v) is 9.34. The number of H-pyrrole nitrogens is 1. The highest BCUT2D eigenvalue weighted by Gasteiger charge is 2.16. The molecule has 4 rings (SSSR count). The van der Waals surface area contributed by atoms with Crippen molar-refractivity contribution in [2.75, 3.05) is 0 Å². The molecule has 0 amide bonds. The van der Waals surface area contributed by atoms with E-state index in [1.54, 1.807) is 0 Å². The Morgan fingerprint density at radius 2 is 1.63 bits per heavy atom. The summed E-state index contributed by atoms with van der Waals surface area (Å²) in [5, 5.41) is 0.663. The van der Waals surface area contributed by atoms with E-state index in [1.807, 2.05) is 60.7 Å². The second-order valence-corrected chi connectivity index (χ2v) is 6.78. The van der Waals surface area contributed by atoms with Crippen LogP contribution in [-0.4, -0.2) is 19.5 Å². The summed E-state index contributed by atoms with van der Waals surface area (Å²) in [4.78, 5) is 12.1. The van der Waals surface area contributed by atoms with E-state index in [2.05, 4.69) is 9.97 Å². The first-order chi connectivity index (χ1) is 13.2. The van der Waals surface area contributed by atoms with Crippen molar-refractivity contribution in [3.05, 3.63) is 78.9 Å². The molecule has 0 aliphatic heterocycles. The fraction of sp³-hybridized carbons (Fsp3) is 0.100. The third kappa shape index (κ3) is 3.78. The van der Waals surface area contributed by atoms with Crippen molar-refractivity contribution in [3.63, 3.8) is 0 Å². The van der Waals surface area contributed by atoms with Gasteiger partial charge in [0.05, 0.1) is 17.1 Å². The Kier molecular flexibility index (Phi) is 5.02. The van der Waals surface area contributed by atoms with Crippen LogP contribution in [0.15, 0.2) is 78.2 Å².